The molecule has 0 bridgehead atoms. The van der Waals surface area contributed by atoms with E-state index in [4.69, 9.17) is 0 Å². The molecular weight excluding hydrogens is 162 g/mol. The van der Waals surface area contributed by atoms with E-state index in [2.05, 4.69) is 32.7 Å². The van der Waals surface area contributed by atoms with E-state index in [-0.39, 0.29) is 0 Å². The summed E-state index contributed by atoms with van der Waals surface area (Å²) in [5.41, 5.74) is 0. The first-order valence-electron chi connectivity index (χ1n) is 5.13. The summed E-state index contributed by atoms with van der Waals surface area (Å²) in [4.78, 5) is 13.1. The fourth-order valence-corrected chi connectivity index (χ4v) is 1.28. The third-order valence-corrected chi connectivity index (χ3v) is 2.49. The molecule has 0 aromatic rings. The lowest BCUT2D eigenvalue weighted by Crippen LogP contribution is -2.28. The molecule has 0 amide bonds. The molecule has 0 aliphatic carbocycles. The number of ketones is 1. The predicted octanol–water partition coefficient (Wildman–Crippen LogP) is 2.33. The Bertz CT molecular complexity index is 154. The molecule has 0 N–H and O–H groups in total. The second kappa shape index (κ2) is 6.14. The van der Waals surface area contributed by atoms with Crippen LogP contribution in [0.15, 0.2) is 0 Å². The summed E-state index contributed by atoms with van der Waals surface area (Å²) in [6.07, 6.45) is 1.85. The Morgan fingerprint density at radius 2 is 1.85 bits per heavy atom. The van der Waals surface area contributed by atoms with Crippen LogP contribution < -0.4 is 0 Å². The zero-order valence-corrected chi connectivity index (χ0v) is 9.63. The first-order chi connectivity index (χ1) is 5.93. The molecule has 78 valence electrons. The van der Waals surface area contributed by atoms with Crippen LogP contribution in [-0.4, -0.2) is 30.3 Å². The van der Waals surface area contributed by atoms with Crippen molar-refractivity contribution in [3.8, 4) is 0 Å². The van der Waals surface area contributed by atoms with E-state index in [1.54, 1.807) is 6.92 Å². The van der Waals surface area contributed by atoms with Gasteiger partial charge in [-0.15, -0.1) is 0 Å². The molecule has 0 saturated heterocycles. The molecule has 0 aromatic heterocycles. The van der Waals surface area contributed by atoms with Gasteiger partial charge in [-0.3, -0.25) is 0 Å². The third kappa shape index (κ3) is 6.76. The highest BCUT2D eigenvalue weighted by atomic mass is 16.1. The van der Waals surface area contributed by atoms with Gasteiger partial charge in [-0.2, -0.15) is 0 Å². The first-order valence-corrected chi connectivity index (χ1v) is 5.13. The van der Waals surface area contributed by atoms with Crippen LogP contribution in [-0.2, 0) is 4.79 Å². The smallest absolute Gasteiger partial charge is 0.130 e. The molecule has 0 radical (unpaired) electrons. The van der Waals surface area contributed by atoms with E-state index in [0.717, 1.165) is 19.4 Å². The minimum atomic E-state index is 0.305. The van der Waals surface area contributed by atoms with Crippen molar-refractivity contribution < 1.29 is 4.79 Å². The lowest BCUT2D eigenvalue weighted by atomic mass is 10.0. The second-order valence-electron chi connectivity index (χ2n) is 4.37. The summed E-state index contributed by atoms with van der Waals surface area (Å²) >= 11 is 0. The molecule has 0 rings (SSSR count). The Morgan fingerprint density at radius 3 is 2.23 bits per heavy atom. The molecule has 0 aromatic carbocycles. The van der Waals surface area contributed by atoms with Crippen LogP contribution in [0.2, 0.25) is 0 Å². The van der Waals surface area contributed by atoms with Crippen LogP contribution in [0.25, 0.3) is 0 Å². The van der Waals surface area contributed by atoms with Crippen LogP contribution in [0, 0.1) is 5.92 Å². The summed E-state index contributed by atoms with van der Waals surface area (Å²) in [6, 6.07) is 0.601. The van der Waals surface area contributed by atoms with E-state index in [9.17, 15) is 4.79 Å². The van der Waals surface area contributed by atoms with Gasteiger partial charge in [0.25, 0.3) is 0 Å². The van der Waals surface area contributed by atoms with Crippen molar-refractivity contribution in [1.29, 1.82) is 0 Å². The molecule has 0 aliphatic rings. The fraction of sp³-hybridized carbons (Fsp3) is 0.909. The van der Waals surface area contributed by atoms with Crippen LogP contribution in [0.5, 0.6) is 0 Å². The number of Topliss-reactive ketones (excluding diaryl/α,β-unsaturated/α-hetero) is 1. The SMILES string of the molecule is CC(=O)CC(C)CCN(C)C(C)C. The van der Waals surface area contributed by atoms with E-state index in [0.29, 0.717) is 17.7 Å². The zero-order valence-electron chi connectivity index (χ0n) is 9.63. The molecular formula is C11H23NO. The average molecular weight is 185 g/mol. The maximum Gasteiger partial charge on any atom is 0.130 e. The maximum absolute atomic E-state index is 10.8. The van der Waals surface area contributed by atoms with Gasteiger partial charge in [-0.1, -0.05) is 6.92 Å². The van der Waals surface area contributed by atoms with E-state index < -0.39 is 0 Å². The molecule has 2 heteroatoms. The summed E-state index contributed by atoms with van der Waals surface area (Å²) in [6.45, 7) is 9.29. The second-order valence-corrected chi connectivity index (χ2v) is 4.37. The van der Waals surface area contributed by atoms with Crippen molar-refractivity contribution in [2.75, 3.05) is 13.6 Å². The molecule has 0 spiro atoms. The molecule has 0 heterocycles. The summed E-state index contributed by atoms with van der Waals surface area (Å²) in [7, 11) is 2.13. The quantitative estimate of drug-likeness (QED) is 0.633. The Morgan fingerprint density at radius 1 is 1.31 bits per heavy atom. The van der Waals surface area contributed by atoms with Crippen LogP contribution in [0.3, 0.4) is 0 Å². The molecule has 1 atom stereocenters. The minimum absolute atomic E-state index is 0.305. The lowest BCUT2D eigenvalue weighted by Gasteiger charge is -2.22. The predicted molar refractivity (Wildman–Crippen MR) is 56.8 cm³/mol. The van der Waals surface area contributed by atoms with Gasteiger partial charge in [0.2, 0.25) is 0 Å². The van der Waals surface area contributed by atoms with Gasteiger partial charge in [0.1, 0.15) is 5.78 Å². The van der Waals surface area contributed by atoms with E-state index in [1.807, 2.05) is 0 Å². The van der Waals surface area contributed by atoms with E-state index in [1.165, 1.54) is 0 Å². The largest absolute Gasteiger partial charge is 0.304 e. The van der Waals surface area contributed by atoms with Gasteiger partial charge in [-0.25, -0.2) is 0 Å². The Kier molecular flexibility index (Phi) is 5.97. The van der Waals surface area contributed by atoms with Crippen molar-refractivity contribution in [2.24, 2.45) is 5.92 Å². The van der Waals surface area contributed by atoms with Gasteiger partial charge in [0, 0.05) is 12.5 Å². The fourth-order valence-electron chi connectivity index (χ4n) is 1.28. The Hall–Kier alpha value is -0.370. The highest BCUT2D eigenvalue weighted by Gasteiger charge is 2.08. The molecule has 0 saturated carbocycles. The molecule has 1 unspecified atom stereocenters. The molecule has 2 nitrogen and oxygen atoms in total. The highest BCUT2D eigenvalue weighted by Crippen LogP contribution is 2.09. The first kappa shape index (κ1) is 12.6. The highest BCUT2D eigenvalue weighted by molar-refractivity contribution is 5.75. The summed E-state index contributed by atoms with van der Waals surface area (Å²) < 4.78 is 0. The summed E-state index contributed by atoms with van der Waals surface area (Å²) in [5, 5.41) is 0. The molecule has 13 heavy (non-hydrogen) atoms. The van der Waals surface area contributed by atoms with Gasteiger partial charge >= 0.3 is 0 Å². The minimum Gasteiger partial charge on any atom is -0.304 e. The zero-order chi connectivity index (χ0) is 10.4. The Balaban J connectivity index is 3.57. The van der Waals surface area contributed by atoms with Crippen LogP contribution in [0.1, 0.15) is 40.5 Å². The number of hydrogen-bond donors (Lipinski definition) is 0. The van der Waals surface area contributed by atoms with Gasteiger partial charge in [0.05, 0.1) is 0 Å². The number of nitrogens with zero attached hydrogens (tertiary/aromatic N) is 1. The van der Waals surface area contributed by atoms with Crippen molar-refractivity contribution in [1.82, 2.24) is 4.90 Å². The van der Waals surface area contributed by atoms with Crippen LogP contribution in [0.4, 0.5) is 0 Å². The number of carbonyl (C=O) groups is 1. The number of carbonyl (C=O) groups excluding carboxylic acids is 1. The topological polar surface area (TPSA) is 20.3 Å². The van der Waals surface area contributed by atoms with Crippen molar-refractivity contribution in [3.05, 3.63) is 0 Å². The Labute approximate surface area is 82.3 Å². The van der Waals surface area contributed by atoms with E-state index >= 15 is 0 Å². The van der Waals surface area contributed by atoms with Crippen molar-refractivity contribution in [3.63, 3.8) is 0 Å². The molecule has 0 aliphatic heterocycles. The maximum atomic E-state index is 10.8. The third-order valence-electron chi connectivity index (χ3n) is 2.49. The molecule has 0 fully saturated rings. The van der Waals surface area contributed by atoms with Crippen molar-refractivity contribution in [2.45, 2.75) is 46.6 Å². The average Bonchev–Trinajstić information content (AvgIpc) is 1.98. The monoisotopic (exact) mass is 185 g/mol. The van der Waals surface area contributed by atoms with Crippen LogP contribution >= 0.6 is 0 Å². The lowest BCUT2D eigenvalue weighted by molar-refractivity contribution is -0.117. The van der Waals surface area contributed by atoms with Gasteiger partial charge < -0.3 is 9.69 Å². The van der Waals surface area contributed by atoms with Gasteiger partial charge in [-0.05, 0) is 46.7 Å². The normalized spacial score (nSPS) is 13.8. The van der Waals surface area contributed by atoms with Crippen molar-refractivity contribution >= 4 is 5.78 Å². The number of hydrogen-bond acceptors (Lipinski definition) is 2. The van der Waals surface area contributed by atoms with Gasteiger partial charge in [0.15, 0.2) is 0 Å². The number of rotatable bonds is 6. The summed E-state index contributed by atoms with van der Waals surface area (Å²) in [5.74, 6) is 0.832. The standard InChI is InChI=1S/C11H23NO/c1-9(2)12(5)7-6-10(3)8-11(4)13/h9-10H,6-8H2,1-5H3.